The van der Waals surface area contributed by atoms with Gasteiger partial charge < -0.3 is 4.74 Å². The number of carbonyl (C=O) groups excluding carboxylic acids is 1. The number of hydrogen-bond donors (Lipinski definition) is 1. The maximum absolute atomic E-state index is 10.2. The molecule has 1 N–H and O–H groups in total. The van der Waals surface area contributed by atoms with Crippen molar-refractivity contribution in [2.24, 2.45) is 0 Å². The van der Waals surface area contributed by atoms with Crippen LogP contribution in [0.1, 0.15) is 6.92 Å². The summed E-state index contributed by atoms with van der Waals surface area (Å²) in [5.74, 6) is -0.347. The van der Waals surface area contributed by atoms with Crippen molar-refractivity contribution < 1.29 is 26.7 Å². The van der Waals surface area contributed by atoms with Crippen LogP contribution in [0.15, 0.2) is 12.2 Å². The molecule has 0 saturated carbocycles. The van der Waals surface area contributed by atoms with E-state index >= 15 is 0 Å². The molecule has 0 heterocycles. The Morgan fingerprint density at radius 3 is 1.69 bits per heavy atom. The largest absolute Gasteiger partial charge is 0.466 e. The average Bonchev–Trinajstić information content (AvgIpc) is 2.02. The molecule has 0 bridgehead atoms. The summed E-state index contributed by atoms with van der Waals surface area (Å²) < 4.78 is 34.0. The van der Waals surface area contributed by atoms with E-state index in [2.05, 4.69) is 15.5 Å². The molecule has 13 heavy (non-hydrogen) atoms. The van der Waals surface area contributed by atoms with Gasteiger partial charge >= 0.3 is 16.4 Å². The first-order valence-electron chi connectivity index (χ1n) is 3.01. The number of carbonyl (C=O) groups is 1. The molecule has 0 aromatic heterocycles. The molecule has 0 aliphatic rings. The summed E-state index contributed by atoms with van der Waals surface area (Å²) in [5, 5.41) is 0. The van der Waals surface area contributed by atoms with Gasteiger partial charge in [0.05, 0.1) is 14.2 Å². The van der Waals surface area contributed by atoms with E-state index in [1.54, 1.807) is 6.92 Å². The third-order valence-electron chi connectivity index (χ3n) is 0.744. The zero-order valence-corrected chi connectivity index (χ0v) is 8.42. The first-order valence-corrected chi connectivity index (χ1v) is 4.38. The van der Waals surface area contributed by atoms with E-state index < -0.39 is 10.4 Å². The highest BCUT2D eigenvalue weighted by Gasteiger charge is 1.95. The van der Waals surface area contributed by atoms with Crippen molar-refractivity contribution in [1.29, 1.82) is 0 Å². The minimum atomic E-state index is -4.16. The lowest BCUT2D eigenvalue weighted by molar-refractivity contribution is -0.136. The Labute approximate surface area is 77.1 Å². The molecule has 78 valence electrons. The third-order valence-corrected chi connectivity index (χ3v) is 1.17. The van der Waals surface area contributed by atoms with Crippen LogP contribution in [0.5, 0.6) is 0 Å². The molecule has 0 atom stereocenters. The molecule has 0 aromatic carbocycles. The highest BCUT2D eigenvalue weighted by molar-refractivity contribution is 7.80. The second kappa shape index (κ2) is 6.58. The van der Waals surface area contributed by atoms with Crippen LogP contribution in [0.4, 0.5) is 0 Å². The van der Waals surface area contributed by atoms with Crippen LogP contribution in [0.2, 0.25) is 0 Å². The Morgan fingerprint density at radius 2 is 1.69 bits per heavy atom. The van der Waals surface area contributed by atoms with Gasteiger partial charge in [-0.2, -0.15) is 8.42 Å². The molecule has 0 fully saturated rings. The first kappa shape index (κ1) is 14.6. The molecule has 0 radical (unpaired) electrons. The van der Waals surface area contributed by atoms with Crippen LogP contribution in [0.25, 0.3) is 0 Å². The lowest BCUT2D eigenvalue weighted by atomic mass is 10.4. The highest BCUT2D eigenvalue weighted by atomic mass is 32.3. The molecule has 6 nitrogen and oxygen atoms in total. The van der Waals surface area contributed by atoms with Crippen molar-refractivity contribution >= 4 is 16.4 Å². The minimum absolute atomic E-state index is 0.347. The lowest BCUT2D eigenvalue weighted by Crippen LogP contribution is -1.98. The Morgan fingerprint density at radius 1 is 1.38 bits per heavy atom. The SMILES string of the molecule is C=C(C)C(=O)OC.COS(=O)(=O)O. The topological polar surface area (TPSA) is 89.9 Å². The molecular formula is C6H12O6S. The lowest BCUT2D eigenvalue weighted by Gasteiger charge is -1.91. The van der Waals surface area contributed by atoms with Crippen molar-refractivity contribution in [3.63, 3.8) is 0 Å². The number of rotatable bonds is 2. The van der Waals surface area contributed by atoms with Crippen LogP contribution in [-0.2, 0) is 24.1 Å². The zero-order chi connectivity index (χ0) is 11.1. The summed E-state index contributed by atoms with van der Waals surface area (Å²) in [6.07, 6.45) is 0. The molecule has 0 aromatic rings. The Kier molecular flexibility index (Phi) is 7.39. The predicted molar refractivity (Wildman–Crippen MR) is 45.4 cm³/mol. The van der Waals surface area contributed by atoms with Crippen LogP contribution in [0.3, 0.4) is 0 Å². The molecule has 0 unspecified atom stereocenters. The van der Waals surface area contributed by atoms with Crippen LogP contribution in [-0.4, -0.2) is 33.2 Å². The molecule has 0 rings (SSSR count). The van der Waals surface area contributed by atoms with Gasteiger partial charge in [0.25, 0.3) is 0 Å². The van der Waals surface area contributed by atoms with Gasteiger partial charge in [-0.05, 0) is 6.92 Å². The number of hydrogen-bond acceptors (Lipinski definition) is 5. The van der Waals surface area contributed by atoms with E-state index in [1.165, 1.54) is 7.11 Å². The van der Waals surface area contributed by atoms with Gasteiger partial charge in [-0.15, -0.1) is 0 Å². The van der Waals surface area contributed by atoms with Crippen LogP contribution in [0, 0.1) is 0 Å². The zero-order valence-electron chi connectivity index (χ0n) is 7.60. The second-order valence-corrected chi connectivity index (χ2v) is 3.06. The fourth-order valence-electron chi connectivity index (χ4n) is 0.174. The molecule has 0 aliphatic carbocycles. The van der Waals surface area contributed by atoms with Gasteiger partial charge in [-0.25, -0.2) is 4.79 Å². The maximum atomic E-state index is 10.2. The van der Waals surface area contributed by atoms with Gasteiger partial charge in [0.2, 0.25) is 0 Å². The Hall–Kier alpha value is -0.920. The number of ether oxygens (including phenoxy) is 1. The Balaban J connectivity index is 0. The molecule has 0 aliphatic heterocycles. The quantitative estimate of drug-likeness (QED) is 0.398. The van der Waals surface area contributed by atoms with Crippen LogP contribution < -0.4 is 0 Å². The summed E-state index contributed by atoms with van der Waals surface area (Å²) in [5.41, 5.74) is 0.433. The van der Waals surface area contributed by atoms with Crippen molar-refractivity contribution in [3.8, 4) is 0 Å². The number of methoxy groups -OCH3 is 1. The fourth-order valence-corrected chi connectivity index (χ4v) is 0.174. The molecule has 0 spiro atoms. The van der Waals surface area contributed by atoms with E-state index in [-0.39, 0.29) is 5.97 Å². The standard InChI is InChI=1S/C5H8O2.CH4O4S/c1-4(2)5(6)7-3;1-5-6(2,3)4/h1H2,2-3H3;1H3,(H,2,3,4). The molecule has 7 heteroatoms. The van der Waals surface area contributed by atoms with Gasteiger partial charge in [0.1, 0.15) is 0 Å². The highest BCUT2D eigenvalue weighted by Crippen LogP contribution is 1.87. The fraction of sp³-hybridized carbons (Fsp3) is 0.500. The van der Waals surface area contributed by atoms with Gasteiger partial charge in [-0.1, -0.05) is 6.58 Å². The van der Waals surface area contributed by atoms with Crippen molar-refractivity contribution in [2.75, 3.05) is 14.2 Å². The smallest absolute Gasteiger partial charge is 0.397 e. The summed E-state index contributed by atoms with van der Waals surface area (Å²) in [4.78, 5) is 10.2. The third kappa shape index (κ3) is 14.0. The van der Waals surface area contributed by atoms with Gasteiger partial charge in [0.15, 0.2) is 0 Å². The minimum Gasteiger partial charge on any atom is -0.466 e. The predicted octanol–water partition coefficient (Wildman–Crippen LogP) is 0.171. The summed E-state index contributed by atoms with van der Waals surface area (Å²) in [6, 6.07) is 0. The maximum Gasteiger partial charge on any atom is 0.397 e. The normalized spacial score (nSPS) is 9.54. The second-order valence-electron chi connectivity index (χ2n) is 1.87. The summed E-state index contributed by atoms with van der Waals surface area (Å²) in [7, 11) is -1.96. The molecular weight excluding hydrogens is 200 g/mol. The van der Waals surface area contributed by atoms with E-state index in [1.807, 2.05) is 0 Å². The van der Waals surface area contributed by atoms with E-state index in [9.17, 15) is 13.2 Å². The molecule has 0 saturated heterocycles. The number of esters is 1. The van der Waals surface area contributed by atoms with E-state index in [0.29, 0.717) is 5.57 Å². The van der Waals surface area contributed by atoms with Gasteiger partial charge in [-0.3, -0.25) is 8.74 Å². The molecule has 0 amide bonds. The monoisotopic (exact) mass is 212 g/mol. The van der Waals surface area contributed by atoms with Crippen molar-refractivity contribution in [2.45, 2.75) is 6.92 Å². The van der Waals surface area contributed by atoms with E-state index in [4.69, 9.17) is 4.55 Å². The van der Waals surface area contributed by atoms with E-state index in [0.717, 1.165) is 7.11 Å². The van der Waals surface area contributed by atoms with Crippen molar-refractivity contribution in [1.82, 2.24) is 0 Å². The summed E-state index contributed by atoms with van der Waals surface area (Å²) in [6.45, 7) is 4.95. The van der Waals surface area contributed by atoms with Crippen LogP contribution >= 0.6 is 0 Å². The van der Waals surface area contributed by atoms with Crippen molar-refractivity contribution in [3.05, 3.63) is 12.2 Å². The van der Waals surface area contributed by atoms with Gasteiger partial charge in [0, 0.05) is 5.57 Å². The Bertz CT molecular complexity index is 265. The summed E-state index contributed by atoms with van der Waals surface area (Å²) >= 11 is 0. The first-order chi connectivity index (χ1) is 5.74. The average molecular weight is 212 g/mol.